The largest absolute Gasteiger partial charge is 0.492 e. The molecule has 4 N–H and O–H groups in total. The van der Waals surface area contributed by atoms with Gasteiger partial charge >= 0.3 is 18.2 Å². The van der Waals surface area contributed by atoms with Crippen molar-refractivity contribution in [3.05, 3.63) is 35.3 Å². The predicted molar refractivity (Wildman–Crippen MR) is 266 cm³/mol. The van der Waals surface area contributed by atoms with Gasteiger partial charge < -0.3 is 58.8 Å². The highest BCUT2D eigenvalue weighted by atomic mass is 19.1. The molecule has 0 spiro atoms. The number of hydrogen-bond acceptors (Lipinski definition) is 18. The first-order valence-corrected chi connectivity index (χ1v) is 25.7. The Morgan fingerprint density at radius 1 is 0.861 bits per heavy atom. The SMILES string of the molecule is CN1CCC[C@H]1COC1NC2CNCC2C(N2CCN(C(=O)O)C(CC#N)C2)N1.COc1c(F)cccc1N1CCc2c(nc(OC[C@@H]3CCCN3C)nc2N2CCN(C(=O)OC(C)(C)C)C(CC#N)C2)C1. The summed E-state index contributed by atoms with van der Waals surface area (Å²) in [6, 6.07) is 10.1. The average molecular weight is 1000 g/mol. The molecule has 6 saturated heterocycles. The molecule has 6 fully saturated rings. The first-order valence-electron chi connectivity index (χ1n) is 25.7. The topological polar surface area (TPSA) is 223 Å². The van der Waals surface area contributed by atoms with Crippen molar-refractivity contribution >= 4 is 23.7 Å². The summed E-state index contributed by atoms with van der Waals surface area (Å²) in [5.74, 6) is 0.935. The molecule has 2 aromatic rings. The van der Waals surface area contributed by atoms with Crippen LogP contribution in [0.5, 0.6) is 11.8 Å². The van der Waals surface area contributed by atoms with Gasteiger partial charge in [-0.05, 0) is 92.2 Å². The summed E-state index contributed by atoms with van der Waals surface area (Å²) in [6.07, 6.45) is 4.13. The Balaban J connectivity index is 0.000000208. The molecule has 0 saturated carbocycles. The molecule has 22 heteroatoms. The van der Waals surface area contributed by atoms with Crippen LogP contribution < -0.4 is 35.2 Å². The number of likely N-dealkylation sites (N-methyl/N-ethyl adjacent to an activating group) is 2. The molecule has 6 unspecified atom stereocenters. The maximum Gasteiger partial charge on any atom is 0.410 e. The number of methoxy groups -OCH3 is 1. The number of ether oxygens (including phenoxy) is 4. The third kappa shape index (κ3) is 12.5. The molecule has 1 aromatic heterocycles. The molecular weight excluding hydrogens is 928 g/mol. The highest BCUT2D eigenvalue weighted by molar-refractivity contribution is 5.69. The molecule has 2 amide bonds. The average Bonchev–Trinajstić information content (AvgIpc) is 4.12. The molecule has 7 aliphatic heterocycles. The number of hydrogen-bond donors (Lipinski definition) is 4. The summed E-state index contributed by atoms with van der Waals surface area (Å²) in [5.41, 5.74) is 1.85. The molecule has 394 valence electrons. The van der Waals surface area contributed by atoms with Crippen LogP contribution in [0.2, 0.25) is 0 Å². The molecule has 7 aliphatic rings. The second kappa shape index (κ2) is 23.7. The minimum absolute atomic E-state index is 0.0969. The summed E-state index contributed by atoms with van der Waals surface area (Å²) in [7, 11) is 5.73. The van der Waals surface area contributed by atoms with Crippen molar-refractivity contribution in [3.8, 4) is 23.9 Å². The first-order chi connectivity index (χ1) is 34.6. The third-order valence-electron chi connectivity index (χ3n) is 15.3. The lowest BCUT2D eigenvalue weighted by atomic mass is 9.95. The van der Waals surface area contributed by atoms with E-state index in [9.17, 15) is 24.3 Å². The van der Waals surface area contributed by atoms with Gasteiger partial charge in [0, 0.05) is 88.5 Å². The summed E-state index contributed by atoms with van der Waals surface area (Å²) < 4.78 is 38.1. The highest BCUT2D eigenvalue weighted by Gasteiger charge is 2.45. The van der Waals surface area contributed by atoms with Crippen molar-refractivity contribution in [1.29, 1.82) is 10.5 Å². The maximum atomic E-state index is 14.6. The number of para-hydroxylation sites is 1. The van der Waals surface area contributed by atoms with Crippen molar-refractivity contribution in [3.63, 3.8) is 0 Å². The van der Waals surface area contributed by atoms with Crippen LogP contribution in [0.4, 0.5) is 25.5 Å². The zero-order chi connectivity index (χ0) is 51.1. The molecule has 8 heterocycles. The van der Waals surface area contributed by atoms with E-state index in [1.54, 1.807) is 11.0 Å². The second-order valence-corrected chi connectivity index (χ2v) is 21.1. The Morgan fingerprint density at radius 3 is 2.24 bits per heavy atom. The number of nitrogens with zero attached hydrogens (tertiary/aromatic N) is 11. The number of nitriles is 2. The van der Waals surface area contributed by atoms with Crippen LogP contribution in [0.1, 0.15) is 70.6 Å². The number of rotatable bonds is 12. The monoisotopic (exact) mass is 1000 g/mol. The predicted octanol–water partition coefficient (Wildman–Crippen LogP) is 3.06. The minimum Gasteiger partial charge on any atom is -0.492 e. The number of carbonyl (C=O) groups excluding carboxylic acids is 1. The van der Waals surface area contributed by atoms with Crippen LogP contribution in [0, 0.1) is 34.4 Å². The van der Waals surface area contributed by atoms with Crippen molar-refractivity contribution in [2.45, 2.75) is 121 Å². The summed E-state index contributed by atoms with van der Waals surface area (Å²) in [6.45, 7) is 14.7. The van der Waals surface area contributed by atoms with Crippen LogP contribution in [-0.4, -0.2) is 206 Å². The lowest BCUT2D eigenvalue weighted by Crippen LogP contribution is -2.71. The van der Waals surface area contributed by atoms with E-state index in [1.165, 1.54) is 30.9 Å². The fourth-order valence-corrected chi connectivity index (χ4v) is 11.4. The van der Waals surface area contributed by atoms with Gasteiger partial charge in [-0.3, -0.25) is 15.5 Å². The van der Waals surface area contributed by atoms with Gasteiger partial charge in [-0.1, -0.05) is 6.07 Å². The van der Waals surface area contributed by atoms with Gasteiger partial charge in [-0.25, -0.2) is 14.0 Å². The molecule has 0 aliphatic carbocycles. The fraction of sp³-hybridized carbons (Fsp3) is 0.720. The third-order valence-corrected chi connectivity index (χ3v) is 15.3. The lowest BCUT2D eigenvalue weighted by Gasteiger charge is -2.49. The zero-order valence-corrected chi connectivity index (χ0v) is 42.9. The van der Waals surface area contributed by atoms with Crippen molar-refractivity contribution < 1.29 is 38.0 Å². The van der Waals surface area contributed by atoms with Gasteiger partial charge in [0.15, 0.2) is 17.9 Å². The molecule has 0 radical (unpaired) electrons. The quantitative estimate of drug-likeness (QED) is 0.240. The molecule has 72 heavy (non-hydrogen) atoms. The number of anilines is 2. The Kier molecular flexibility index (Phi) is 17.4. The smallest absolute Gasteiger partial charge is 0.410 e. The minimum atomic E-state index is -0.939. The Labute approximate surface area is 423 Å². The number of fused-ring (bicyclic) bond motifs is 2. The molecule has 0 bridgehead atoms. The van der Waals surface area contributed by atoms with E-state index in [0.717, 1.165) is 56.1 Å². The van der Waals surface area contributed by atoms with Crippen LogP contribution in [0.25, 0.3) is 0 Å². The zero-order valence-electron chi connectivity index (χ0n) is 42.9. The van der Waals surface area contributed by atoms with E-state index in [4.69, 9.17) is 34.2 Å². The van der Waals surface area contributed by atoms with Gasteiger partial charge in [0.05, 0.1) is 74.9 Å². The van der Waals surface area contributed by atoms with Gasteiger partial charge in [0.25, 0.3) is 0 Å². The van der Waals surface area contributed by atoms with Crippen molar-refractivity contribution in [2.24, 2.45) is 5.92 Å². The number of piperazine rings is 2. The number of halogens is 1. The number of benzene rings is 1. The Morgan fingerprint density at radius 2 is 1.57 bits per heavy atom. The van der Waals surface area contributed by atoms with Crippen LogP contribution in [-0.2, 0) is 22.4 Å². The molecule has 21 nitrogen and oxygen atoms in total. The van der Waals surface area contributed by atoms with E-state index in [1.807, 2.05) is 26.8 Å². The van der Waals surface area contributed by atoms with Gasteiger partial charge in [-0.15, -0.1) is 0 Å². The van der Waals surface area contributed by atoms with Gasteiger partial charge in [0.1, 0.15) is 18.0 Å². The first kappa shape index (κ1) is 53.0. The normalized spacial score (nSPS) is 28.1. The highest BCUT2D eigenvalue weighted by Crippen LogP contribution is 2.37. The van der Waals surface area contributed by atoms with Crippen LogP contribution >= 0.6 is 0 Å². The van der Waals surface area contributed by atoms with E-state index in [0.29, 0.717) is 108 Å². The van der Waals surface area contributed by atoms with Gasteiger partial charge in [0.2, 0.25) is 0 Å². The van der Waals surface area contributed by atoms with Crippen molar-refractivity contribution in [1.82, 2.24) is 50.4 Å². The summed E-state index contributed by atoms with van der Waals surface area (Å²) in [4.78, 5) is 48.5. The number of likely N-dealkylation sites (tertiary alicyclic amines) is 2. The standard InChI is InChI=1S/C31H42FN7O4.C19H33N7O3/c1-31(2,3)43-30(40)39-17-16-38(18-21(39)11-13-33)28-23-12-15-37(26-10-6-9-24(32)27(26)41-5)19-25(23)34-29(35-28)42-20-22-8-7-14-36(22)4;1-24-6-2-3-14(24)12-29-18-22-16-10-21-9-15(16)17(23-18)25-7-8-26(19(27)28)13(11-25)4-5-20/h6,9-10,21-22H,7-8,11-12,14-20H2,1-5H3;13-18,21-23H,2-4,6-12H2,1H3,(H,27,28)/t21?,22-;13?,14-,15?,16?,17?,18?/m00/s1. The van der Waals surface area contributed by atoms with Crippen LogP contribution in [0.15, 0.2) is 18.2 Å². The van der Waals surface area contributed by atoms with Crippen LogP contribution in [0.3, 0.4) is 0 Å². The molecular formula is C50H75FN14O7. The number of aromatic nitrogens is 2. The molecule has 1 aromatic carbocycles. The van der Waals surface area contributed by atoms with E-state index < -0.39 is 23.6 Å². The summed E-state index contributed by atoms with van der Waals surface area (Å²) in [5, 5.41) is 38.9. The van der Waals surface area contributed by atoms with E-state index in [2.05, 4.69) is 66.7 Å². The Bertz CT molecular complexity index is 2280. The molecule has 9 rings (SSSR count). The summed E-state index contributed by atoms with van der Waals surface area (Å²) >= 11 is 0. The van der Waals surface area contributed by atoms with E-state index >= 15 is 0 Å². The number of carbonyl (C=O) groups is 2. The maximum absolute atomic E-state index is 14.6. The Hall–Kier alpha value is -5.33. The van der Waals surface area contributed by atoms with Gasteiger partial charge in [-0.2, -0.15) is 20.5 Å². The second-order valence-electron chi connectivity index (χ2n) is 21.1. The number of nitrogens with one attached hydrogen (secondary N) is 3. The number of carboxylic acid groups (broad SMARTS) is 1. The molecule has 8 atom stereocenters. The fourth-order valence-electron chi connectivity index (χ4n) is 11.4. The van der Waals surface area contributed by atoms with Crippen molar-refractivity contribution in [2.75, 3.05) is 116 Å². The van der Waals surface area contributed by atoms with E-state index in [-0.39, 0.29) is 43.2 Å². The number of amides is 2. The lowest BCUT2D eigenvalue weighted by molar-refractivity contribution is -0.0886.